The van der Waals surface area contributed by atoms with Gasteiger partial charge in [0.1, 0.15) is 11.5 Å². The Morgan fingerprint density at radius 1 is 1.00 bits per heavy atom. The molecule has 1 aliphatic heterocycles. The highest BCUT2D eigenvalue weighted by atomic mass is 32.2. The Morgan fingerprint density at radius 3 is 2.36 bits per heavy atom. The summed E-state index contributed by atoms with van der Waals surface area (Å²) in [5.74, 6) is 1.46. The van der Waals surface area contributed by atoms with Crippen LogP contribution in [0.4, 0.5) is 0 Å². The van der Waals surface area contributed by atoms with Crippen molar-refractivity contribution in [2.45, 2.75) is 55.2 Å². The molecule has 2 aromatic rings. The summed E-state index contributed by atoms with van der Waals surface area (Å²) in [5, 5.41) is 12.7. The Bertz CT molecular complexity index is 1020. The van der Waals surface area contributed by atoms with Gasteiger partial charge < -0.3 is 19.9 Å². The van der Waals surface area contributed by atoms with Gasteiger partial charge in [0, 0.05) is 12.5 Å². The number of para-hydroxylation sites is 1. The first-order valence-corrected chi connectivity index (χ1v) is 12.8. The minimum absolute atomic E-state index is 0.0929. The Hall–Kier alpha value is -2.46. The van der Waals surface area contributed by atoms with Crippen molar-refractivity contribution in [2.24, 2.45) is 5.92 Å². The molecular formula is C24H30N2O6S. The van der Waals surface area contributed by atoms with E-state index in [9.17, 15) is 18.3 Å². The molecule has 1 saturated heterocycles. The number of rotatable bonds is 10. The Kier molecular flexibility index (Phi) is 7.64. The lowest BCUT2D eigenvalue weighted by Gasteiger charge is -2.36. The molecular weight excluding hydrogens is 444 g/mol. The Labute approximate surface area is 194 Å². The number of carbonyl (C=O) groups excluding carboxylic acids is 1. The lowest BCUT2D eigenvalue weighted by Crippen LogP contribution is -2.51. The summed E-state index contributed by atoms with van der Waals surface area (Å²) < 4.78 is 40.1. The maximum absolute atomic E-state index is 12.9. The first kappa shape index (κ1) is 23.7. The number of sulfonamides is 1. The van der Waals surface area contributed by atoms with E-state index >= 15 is 0 Å². The maximum Gasteiger partial charge on any atom is 0.240 e. The van der Waals surface area contributed by atoms with Crippen LogP contribution in [0, 0.1) is 5.92 Å². The number of aliphatic hydroxyl groups is 1. The van der Waals surface area contributed by atoms with E-state index in [0.29, 0.717) is 37.3 Å². The van der Waals surface area contributed by atoms with Crippen molar-refractivity contribution < 1.29 is 27.8 Å². The van der Waals surface area contributed by atoms with Gasteiger partial charge in [0.25, 0.3) is 0 Å². The average Bonchev–Trinajstić information content (AvgIpc) is 3.66. The predicted octanol–water partition coefficient (Wildman–Crippen LogP) is 2.58. The van der Waals surface area contributed by atoms with Gasteiger partial charge in [0.05, 0.1) is 29.8 Å². The minimum atomic E-state index is -3.79. The summed E-state index contributed by atoms with van der Waals surface area (Å²) in [5.41, 5.74) is 0. The van der Waals surface area contributed by atoms with Crippen molar-refractivity contribution in [2.75, 3.05) is 13.2 Å². The van der Waals surface area contributed by atoms with Crippen molar-refractivity contribution in [3.8, 4) is 11.5 Å². The average molecular weight is 475 g/mol. The third kappa shape index (κ3) is 6.54. The molecule has 9 heteroatoms. The van der Waals surface area contributed by atoms with Crippen LogP contribution >= 0.6 is 0 Å². The zero-order valence-electron chi connectivity index (χ0n) is 18.4. The van der Waals surface area contributed by atoms with Gasteiger partial charge >= 0.3 is 0 Å². The highest BCUT2D eigenvalue weighted by Crippen LogP contribution is 2.29. The zero-order chi connectivity index (χ0) is 23.3. The fourth-order valence-electron chi connectivity index (χ4n) is 3.90. The molecule has 0 bridgehead atoms. The second-order valence-corrected chi connectivity index (χ2v) is 10.2. The molecule has 0 unspecified atom stereocenters. The molecule has 4 rings (SSSR count). The van der Waals surface area contributed by atoms with Gasteiger partial charge in [-0.2, -0.15) is 0 Å². The molecule has 3 N–H and O–H groups in total. The number of carbonyl (C=O) groups is 1. The normalized spacial score (nSPS) is 23.1. The monoisotopic (exact) mass is 474 g/mol. The van der Waals surface area contributed by atoms with Crippen LogP contribution in [0.1, 0.15) is 32.1 Å². The van der Waals surface area contributed by atoms with Crippen LogP contribution in [0.3, 0.4) is 0 Å². The Balaban J connectivity index is 1.30. The zero-order valence-corrected chi connectivity index (χ0v) is 19.2. The third-order valence-electron chi connectivity index (χ3n) is 5.93. The third-order valence-corrected chi connectivity index (χ3v) is 7.43. The van der Waals surface area contributed by atoms with Gasteiger partial charge in [-0.05, 0) is 68.5 Å². The molecule has 2 aliphatic rings. The lowest BCUT2D eigenvalue weighted by molar-refractivity contribution is -0.122. The van der Waals surface area contributed by atoms with Gasteiger partial charge in [0.15, 0.2) is 0 Å². The van der Waals surface area contributed by atoms with E-state index in [0.717, 1.165) is 12.8 Å². The number of hydrogen-bond acceptors (Lipinski definition) is 6. The summed E-state index contributed by atoms with van der Waals surface area (Å²) in [6.45, 7) is 0.230. The van der Waals surface area contributed by atoms with E-state index in [2.05, 4.69) is 10.0 Å². The van der Waals surface area contributed by atoms with Crippen LogP contribution < -0.4 is 14.8 Å². The molecule has 2 fully saturated rings. The molecule has 1 saturated carbocycles. The van der Waals surface area contributed by atoms with Gasteiger partial charge in [-0.3, -0.25) is 4.79 Å². The molecule has 1 heterocycles. The standard InChI is InChI=1S/C24H30N2O6S/c27-16-23-22(13-10-20(32-23)14-15-25-24(28)17-6-7-17)26-33(29,30)21-11-8-19(9-12-21)31-18-4-2-1-3-5-18/h1-5,8-9,11-12,17,20,22-23,26-27H,6-7,10,13-16H2,(H,25,28)/t20-,22-,23+/m1/s1. The number of aliphatic hydroxyl groups excluding tert-OH is 1. The van der Waals surface area contributed by atoms with E-state index in [1.807, 2.05) is 30.3 Å². The number of hydrogen-bond donors (Lipinski definition) is 3. The largest absolute Gasteiger partial charge is 0.457 e. The molecule has 1 aliphatic carbocycles. The highest BCUT2D eigenvalue weighted by Gasteiger charge is 2.34. The Morgan fingerprint density at radius 2 is 1.70 bits per heavy atom. The fourth-order valence-corrected chi connectivity index (χ4v) is 5.20. The van der Waals surface area contributed by atoms with Crippen LogP contribution in [-0.2, 0) is 19.6 Å². The van der Waals surface area contributed by atoms with Gasteiger partial charge in [-0.1, -0.05) is 18.2 Å². The first-order valence-electron chi connectivity index (χ1n) is 11.3. The van der Waals surface area contributed by atoms with Crippen molar-refractivity contribution in [3.05, 3.63) is 54.6 Å². The van der Waals surface area contributed by atoms with Gasteiger partial charge in [-0.15, -0.1) is 0 Å². The summed E-state index contributed by atoms with van der Waals surface area (Å²) >= 11 is 0. The molecule has 178 valence electrons. The van der Waals surface area contributed by atoms with Crippen LogP contribution in [-0.4, -0.2) is 50.8 Å². The molecule has 0 spiro atoms. The maximum atomic E-state index is 12.9. The fraction of sp³-hybridized carbons (Fsp3) is 0.458. The summed E-state index contributed by atoms with van der Waals surface area (Å²) in [7, 11) is -3.79. The van der Waals surface area contributed by atoms with Gasteiger partial charge in [0.2, 0.25) is 15.9 Å². The van der Waals surface area contributed by atoms with Crippen molar-refractivity contribution in [1.82, 2.24) is 10.0 Å². The second-order valence-electron chi connectivity index (χ2n) is 8.52. The molecule has 0 aromatic heterocycles. The SMILES string of the molecule is O=C(NCC[C@H]1CC[C@@H](NS(=O)(=O)c2ccc(Oc3ccccc3)cc2)[C@H](CO)O1)C1CC1. The van der Waals surface area contributed by atoms with Crippen LogP contribution in [0.2, 0.25) is 0 Å². The molecule has 33 heavy (non-hydrogen) atoms. The van der Waals surface area contributed by atoms with E-state index in [4.69, 9.17) is 9.47 Å². The molecule has 1 amide bonds. The number of amides is 1. The summed E-state index contributed by atoms with van der Waals surface area (Å²) in [6, 6.07) is 14.9. The van der Waals surface area contributed by atoms with E-state index in [1.165, 1.54) is 12.1 Å². The quantitative estimate of drug-likeness (QED) is 0.488. The summed E-state index contributed by atoms with van der Waals surface area (Å²) in [4.78, 5) is 11.9. The predicted molar refractivity (Wildman–Crippen MR) is 122 cm³/mol. The van der Waals surface area contributed by atoms with Crippen LogP contribution in [0.5, 0.6) is 11.5 Å². The smallest absolute Gasteiger partial charge is 0.240 e. The lowest BCUT2D eigenvalue weighted by atomic mass is 9.98. The minimum Gasteiger partial charge on any atom is -0.457 e. The van der Waals surface area contributed by atoms with Gasteiger partial charge in [-0.25, -0.2) is 13.1 Å². The van der Waals surface area contributed by atoms with E-state index < -0.39 is 22.2 Å². The first-order chi connectivity index (χ1) is 15.9. The van der Waals surface area contributed by atoms with Crippen molar-refractivity contribution >= 4 is 15.9 Å². The number of benzene rings is 2. The van der Waals surface area contributed by atoms with E-state index in [1.54, 1.807) is 12.1 Å². The van der Waals surface area contributed by atoms with E-state index in [-0.39, 0.29) is 29.4 Å². The summed E-state index contributed by atoms with van der Waals surface area (Å²) in [6.07, 6.45) is 2.98. The molecule has 3 atom stereocenters. The highest BCUT2D eigenvalue weighted by molar-refractivity contribution is 7.89. The number of nitrogens with one attached hydrogen (secondary N) is 2. The van der Waals surface area contributed by atoms with Crippen LogP contribution in [0.25, 0.3) is 0 Å². The van der Waals surface area contributed by atoms with Crippen molar-refractivity contribution in [1.29, 1.82) is 0 Å². The van der Waals surface area contributed by atoms with Crippen LogP contribution in [0.15, 0.2) is 59.5 Å². The van der Waals surface area contributed by atoms with Crippen molar-refractivity contribution in [3.63, 3.8) is 0 Å². The second kappa shape index (κ2) is 10.6. The number of ether oxygens (including phenoxy) is 2. The molecule has 0 radical (unpaired) electrons. The topological polar surface area (TPSA) is 114 Å². The molecule has 8 nitrogen and oxygen atoms in total. The molecule has 2 aromatic carbocycles.